The molecule has 2 N–H and O–H groups in total. The van der Waals surface area contributed by atoms with E-state index in [0.29, 0.717) is 13.2 Å². The third-order valence-corrected chi connectivity index (χ3v) is 4.63. The second-order valence-electron chi connectivity index (χ2n) is 6.17. The fourth-order valence-electron chi connectivity index (χ4n) is 3.52. The summed E-state index contributed by atoms with van der Waals surface area (Å²) in [5.41, 5.74) is 4.49. The lowest BCUT2D eigenvalue weighted by molar-refractivity contribution is 0.171. The topological polar surface area (TPSA) is 67.8 Å². The molecule has 2 aliphatic rings. The molecule has 4 rings (SSSR count). The first-order valence-corrected chi connectivity index (χ1v) is 8.23. The van der Waals surface area contributed by atoms with Crippen molar-refractivity contribution in [3.05, 3.63) is 47.5 Å². The number of rotatable bonds is 2. The summed E-state index contributed by atoms with van der Waals surface area (Å²) >= 11 is 0. The van der Waals surface area contributed by atoms with Crippen LogP contribution in [0.1, 0.15) is 30.0 Å². The van der Waals surface area contributed by atoms with E-state index in [2.05, 4.69) is 11.4 Å². The Labute approximate surface area is 140 Å². The van der Waals surface area contributed by atoms with Gasteiger partial charge in [0.05, 0.1) is 6.04 Å². The van der Waals surface area contributed by atoms with Crippen molar-refractivity contribution in [2.24, 2.45) is 0 Å². The lowest BCUT2D eigenvalue weighted by Crippen LogP contribution is -2.29. The van der Waals surface area contributed by atoms with E-state index in [-0.39, 0.29) is 6.04 Å². The third-order valence-electron chi connectivity index (χ3n) is 4.63. The summed E-state index contributed by atoms with van der Waals surface area (Å²) in [5.74, 6) is 1.57. The number of hydrogen-bond acceptors (Lipinski definition) is 3. The molecule has 124 valence electrons. The van der Waals surface area contributed by atoms with Gasteiger partial charge in [0.15, 0.2) is 11.5 Å². The van der Waals surface area contributed by atoms with Gasteiger partial charge in [-0.3, -0.25) is 0 Å². The molecule has 5 heteroatoms. The van der Waals surface area contributed by atoms with Crippen molar-refractivity contribution in [1.29, 1.82) is 0 Å². The van der Waals surface area contributed by atoms with Crippen LogP contribution >= 0.6 is 0 Å². The molecule has 2 aromatic rings. The zero-order valence-electron chi connectivity index (χ0n) is 13.2. The second kappa shape index (κ2) is 6.07. The summed E-state index contributed by atoms with van der Waals surface area (Å²) in [6, 6.07) is 12.1. The largest absolute Gasteiger partial charge is 0.486 e. The number of carboxylic acid groups (broad SMARTS) is 1. The third kappa shape index (κ3) is 2.77. The Morgan fingerprint density at radius 3 is 2.62 bits per heavy atom. The van der Waals surface area contributed by atoms with Gasteiger partial charge in [0, 0.05) is 0 Å². The molecule has 0 saturated heterocycles. The van der Waals surface area contributed by atoms with Crippen LogP contribution in [0.2, 0.25) is 0 Å². The molecule has 1 atom stereocenters. The first-order valence-electron chi connectivity index (χ1n) is 8.23. The number of ether oxygens (including phenoxy) is 2. The van der Waals surface area contributed by atoms with Crippen LogP contribution in [0, 0.1) is 0 Å². The number of aryl methyl sites for hydroxylation is 1. The number of carbonyl (C=O) groups is 1. The SMILES string of the molecule is O=C(O)NC1CCCc2cc(-c3ccc4c(c3)OCCO4)ccc21. The van der Waals surface area contributed by atoms with Gasteiger partial charge in [0.1, 0.15) is 13.2 Å². The minimum atomic E-state index is -0.969. The lowest BCUT2D eigenvalue weighted by atomic mass is 9.85. The van der Waals surface area contributed by atoms with Gasteiger partial charge in [-0.1, -0.05) is 24.3 Å². The van der Waals surface area contributed by atoms with Crippen molar-refractivity contribution in [3.63, 3.8) is 0 Å². The van der Waals surface area contributed by atoms with Crippen LogP contribution in [0.25, 0.3) is 11.1 Å². The van der Waals surface area contributed by atoms with Crippen LogP contribution in [-0.4, -0.2) is 24.4 Å². The van der Waals surface area contributed by atoms with Crippen LogP contribution in [0.5, 0.6) is 11.5 Å². The minimum Gasteiger partial charge on any atom is -0.486 e. The van der Waals surface area contributed by atoms with Crippen molar-refractivity contribution in [2.75, 3.05) is 13.2 Å². The van der Waals surface area contributed by atoms with Crippen LogP contribution in [-0.2, 0) is 6.42 Å². The van der Waals surface area contributed by atoms with Gasteiger partial charge in [-0.25, -0.2) is 4.79 Å². The minimum absolute atomic E-state index is 0.111. The molecule has 1 amide bonds. The Bertz CT molecular complexity index is 787. The molecule has 0 bridgehead atoms. The Balaban J connectivity index is 1.67. The van der Waals surface area contributed by atoms with E-state index in [4.69, 9.17) is 14.6 Å². The Hall–Kier alpha value is -2.69. The van der Waals surface area contributed by atoms with Crippen molar-refractivity contribution < 1.29 is 19.4 Å². The van der Waals surface area contributed by atoms with Crippen LogP contribution in [0.15, 0.2) is 36.4 Å². The molecular formula is C19H19NO4. The highest BCUT2D eigenvalue weighted by atomic mass is 16.6. The van der Waals surface area contributed by atoms with Crippen molar-refractivity contribution in [2.45, 2.75) is 25.3 Å². The summed E-state index contributed by atoms with van der Waals surface area (Å²) in [6.45, 7) is 1.16. The zero-order chi connectivity index (χ0) is 16.5. The maximum atomic E-state index is 11.0. The van der Waals surface area contributed by atoms with E-state index in [1.54, 1.807) is 0 Å². The molecular weight excluding hydrogens is 306 g/mol. The van der Waals surface area contributed by atoms with E-state index >= 15 is 0 Å². The molecule has 0 fully saturated rings. The molecule has 0 spiro atoms. The predicted octanol–water partition coefficient (Wildman–Crippen LogP) is 3.77. The van der Waals surface area contributed by atoms with Gasteiger partial charge in [-0.15, -0.1) is 0 Å². The Morgan fingerprint density at radius 2 is 1.79 bits per heavy atom. The van der Waals surface area contributed by atoms with E-state index in [1.807, 2.05) is 30.3 Å². The molecule has 5 nitrogen and oxygen atoms in total. The number of amides is 1. The maximum absolute atomic E-state index is 11.0. The first-order chi connectivity index (χ1) is 11.7. The monoisotopic (exact) mass is 325 g/mol. The molecule has 2 aromatic carbocycles. The highest BCUT2D eigenvalue weighted by Gasteiger charge is 2.22. The molecule has 1 aliphatic heterocycles. The van der Waals surface area contributed by atoms with Gasteiger partial charge >= 0.3 is 6.09 Å². The van der Waals surface area contributed by atoms with Gasteiger partial charge in [0.25, 0.3) is 0 Å². The normalized spacial score (nSPS) is 18.6. The number of benzene rings is 2. The lowest BCUT2D eigenvalue weighted by Gasteiger charge is -2.26. The smallest absolute Gasteiger partial charge is 0.405 e. The second-order valence-corrected chi connectivity index (χ2v) is 6.17. The Morgan fingerprint density at radius 1 is 1.04 bits per heavy atom. The van der Waals surface area contributed by atoms with Gasteiger partial charge < -0.3 is 19.9 Å². The van der Waals surface area contributed by atoms with E-state index in [9.17, 15) is 4.79 Å². The number of nitrogens with one attached hydrogen (secondary N) is 1. The number of fused-ring (bicyclic) bond motifs is 2. The van der Waals surface area contributed by atoms with E-state index in [1.165, 1.54) is 5.56 Å². The Kier molecular flexibility index (Phi) is 3.76. The van der Waals surface area contributed by atoms with Crippen molar-refractivity contribution in [3.8, 4) is 22.6 Å². The molecule has 24 heavy (non-hydrogen) atoms. The highest BCUT2D eigenvalue weighted by molar-refractivity contribution is 5.69. The van der Waals surface area contributed by atoms with Crippen LogP contribution < -0.4 is 14.8 Å². The van der Waals surface area contributed by atoms with Crippen LogP contribution in [0.4, 0.5) is 4.79 Å². The van der Waals surface area contributed by atoms with E-state index < -0.39 is 6.09 Å². The first kappa shape index (κ1) is 14.9. The highest BCUT2D eigenvalue weighted by Crippen LogP contribution is 2.37. The van der Waals surface area contributed by atoms with Crippen LogP contribution in [0.3, 0.4) is 0 Å². The summed E-state index contributed by atoms with van der Waals surface area (Å²) < 4.78 is 11.2. The fourth-order valence-corrected chi connectivity index (χ4v) is 3.52. The molecule has 0 saturated carbocycles. The number of hydrogen-bond donors (Lipinski definition) is 2. The molecule has 0 aromatic heterocycles. The zero-order valence-corrected chi connectivity index (χ0v) is 13.2. The quantitative estimate of drug-likeness (QED) is 0.882. The predicted molar refractivity (Wildman–Crippen MR) is 89.7 cm³/mol. The van der Waals surface area contributed by atoms with Crippen molar-refractivity contribution in [1.82, 2.24) is 5.32 Å². The van der Waals surface area contributed by atoms with Crippen molar-refractivity contribution >= 4 is 6.09 Å². The molecule has 1 heterocycles. The average Bonchev–Trinajstić information content (AvgIpc) is 2.60. The molecule has 1 aliphatic carbocycles. The maximum Gasteiger partial charge on any atom is 0.405 e. The van der Waals surface area contributed by atoms with Gasteiger partial charge in [-0.05, 0) is 53.6 Å². The molecule has 0 radical (unpaired) electrons. The standard InChI is InChI=1S/C19H19NO4/c21-19(22)20-16-3-1-2-14-10-12(4-6-15(14)16)13-5-7-17-18(11-13)24-9-8-23-17/h4-7,10-11,16,20H,1-3,8-9H2,(H,21,22). The summed E-state index contributed by atoms with van der Waals surface area (Å²) in [7, 11) is 0. The summed E-state index contributed by atoms with van der Waals surface area (Å²) in [4.78, 5) is 11.0. The van der Waals surface area contributed by atoms with Gasteiger partial charge in [0.2, 0.25) is 0 Å². The van der Waals surface area contributed by atoms with E-state index in [0.717, 1.165) is 47.5 Å². The summed E-state index contributed by atoms with van der Waals surface area (Å²) in [6.07, 6.45) is 1.85. The fraction of sp³-hybridized carbons (Fsp3) is 0.316. The average molecular weight is 325 g/mol. The van der Waals surface area contributed by atoms with Gasteiger partial charge in [-0.2, -0.15) is 0 Å². The summed E-state index contributed by atoms with van der Waals surface area (Å²) in [5, 5.41) is 11.6. The molecule has 1 unspecified atom stereocenters.